The molecule has 0 aliphatic rings. The molecule has 8 heteroatoms. The van der Waals surface area contributed by atoms with Crippen LogP contribution in [0, 0.1) is 0 Å². The fourth-order valence-electron chi connectivity index (χ4n) is 1.91. The summed E-state index contributed by atoms with van der Waals surface area (Å²) in [6, 6.07) is 7.46. The number of nitrogen functional groups attached to an aromatic ring is 1. The first kappa shape index (κ1) is 17.1. The van der Waals surface area contributed by atoms with E-state index in [0.29, 0.717) is 11.0 Å². The molecule has 124 valence electrons. The van der Waals surface area contributed by atoms with Gasteiger partial charge in [-0.05, 0) is 45.0 Å². The van der Waals surface area contributed by atoms with E-state index in [-0.39, 0.29) is 17.2 Å². The molecule has 1 amide bonds. The number of ether oxygens (including phenoxy) is 1. The van der Waals surface area contributed by atoms with Gasteiger partial charge in [0.1, 0.15) is 5.75 Å². The lowest BCUT2D eigenvalue weighted by Crippen LogP contribution is -2.36. The molecule has 1 atom stereocenters. The minimum Gasteiger partial charge on any atom is -0.497 e. The van der Waals surface area contributed by atoms with E-state index >= 15 is 0 Å². The Morgan fingerprint density at radius 3 is 2.48 bits per heavy atom. The number of thioether (sulfide) groups is 1. The number of amides is 1. The van der Waals surface area contributed by atoms with Crippen LogP contribution in [-0.4, -0.2) is 39.2 Å². The smallest absolute Gasteiger partial charge is 0.233 e. The van der Waals surface area contributed by atoms with Gasteiger partial charge in [-0.3, -0.25) is 4.79 Å². The zero-order valence-corrected chi connectivity index (χ0v) is 14.4. The van der Waals surface area contributed by atoms with E-state index in [4.69, 9.17) is 10.6 Å². The van der Waals surface area contributed by atoms with E-state index < -0.39 is 0 Å². The van der Waals surface area contributed by atoms with Gasteiger partial charge in [0, 0.05) is 11.6 Å². The Morgan fingerprint density at radius 2 is 1.91 bits per heavy atom. The first-order chi connectivity index (χ1) is 10.9. The standard InChI is InChI=1S/C15H21N5O2S/c1-9(2)17-14(21)10(3)23-15-19-18-13(20(15)16)11-5-7-12(22-4)8-6-11/h5-10H,16H2,1-4H3,(H,17,21). The normalized spacial score (nSPS) is 12.2. The van der Waals surface area contributed by atoms with Crippen molar-refractivity contribution in [3.63, 3.8) is 0 Å². The number of nitrogens with one attached hydrogen (secondary N) is 1. The van der Waals surface area contributed by atoms with Crippen LogP contribution in [0.15, 0.2) is 29.4 Å². The van der Waals surface area contributed by atoms with E-state index in [2.05, 4.69) is 15.5 Å². The number of nitrogens with zero attached hydrogens (tertiary/aromatic N) is 3. The van der Waals surface area contributed by atoms with E-state index in [1.54, 1.807) is 7.11 Å². The topological polar surface area (TPSA) is 95.1 Å². The fraction of sp³-hybridized carbons (Fsp3) is 0.400. The van der Waals surface area contributed by atoms with E-state index in [1.165, 1.54) is 16.4 Å². The van der Waals surface area contributed by atoms with E-state index in [1.807, 2.05) is 45.0 Å². The van der Waals surface area contributed by atoms with E-state index in [0.717, 1.165) is 11.3 Å². The van der Waals surface area contributed by atoms with E-state index in [9.17, 15) is 4.79 Å². The van der Waals surface area contributed by atoms with Crippen LogP contribution < -0.4 is 15.9 Å². The van der Waals surface area contributed by atoms with Crippen molar-refractivity contribution in [2.75, 3.05) is 13.0 Å². The molecule has 0 spiro atoms. The molecule has 2 rings (SSSR count). The number of aromatic nitrogens is 3. The first-order valence-electron chi connectivity index (χ1n) is 7.24. The van der Waals surface area contributed by atoms with Crippen molar-refractivity contribution in [2.45, 2.75) is 37.2 Å². The minimum absolute atomic E-state index is 0.0565. The molecule has 2 aromatic rings. The van der Waals surface area contributed by atoms with Gasteiger partial charge < -0.3 is 15.9 Å². The number of hydrogen-bond acceptors (Lipinski definition) is 6. The highest BCUT2D eigenvalue weighted by atomic mass is 32.2. The van der Waals surface area contributed by atoms with Gasteiger partial charge in [0.25, 0.3) is 0 Å². The van der Waals surface area contributed by atoms with Crippen LogP contribution in [0.5, 0.6) is 5.75 Å². The predicted molar refractivity (Wildman–Crippen MR) is 90.8 cm³/mol. The van der Waals surface area contributed by atoms with Gasteiger partial charge in [0.05, 0.1) is 12.4 Å². The third-order valence-electron chi connectivity index (χ3n) is 3.10. The Balaban J connectivity index is 2.13. The Morgan fingerprint density at radius 1 is 1.26 bits per heavy atom. The summed E-state index contributed by atoms with van der Waals surface area (Å²) < 4.78 is 6.52. The molecular weight excluding hydrogens is 314 g/mol. The number of benzene rings is 1. The number of carbonyl (C=O) groups is 1. The second kappa shape index (κ2) is 7.36. The second-order valence-corrected chi connectivity index (χ2v) is 6.64. The molecule has 0 saturated heterocycles. The summed E-state index contributed by atoms with van der Waals surface area (Å²) in [5.74, 6) is 7.30. The highest BCUT2D eigenvalue weighted by molar-refractivity contribution is 8.00. The molecule has 1 heterocycles. The summed E-state index contributed by atoms with van der Waals surface area (Å²) >= 11 is 1.27. The maximum absolute atomic E-state index is 12.0. The number of carbonyl (C=O) groups excluding carboxylic acids is 1. The average Bonchev–Trinajstić information content (AvgIpc) is 2.87. The van der Waals surface area contributed by atoms with Crippen LogP contribution in [0.1, 0.15) is 20.8 Å². The fourth-order valence-corrected chi connectivity index (χ4v) is 2.69. The molecule has 0 aliphatic heterocycles. The minimum atomic E-state index is -0.312. The van der Waals surface area contributed by atoms with Gasteiger partial charge in [-0.2, -0.15) is 0 Å². The van der Waals surface area contributed by atoms with Crippen LogP contribution >= 0.6 is 11.8 Å². The zero-order chi connectivity index (χ0) is 17.0. The Labute approximate surface area is 139 Å². The SMILES string of the molecule is COc1ccc(-c2nnc(SC(C)C(=O)NC(C)C)n2N)cc1. The molecule has 0 saturated carbocycles. The molecule has 3 N–H and O–H groups in total. The lowest BCUT2D eigenvalue weighted by atomic mass is 10.2. The van der Waals surface area contributed by atoms with Gasteiger partial charge in [-0.1, -0.05) is 11.8 Å². The first-order valence-corrected chi connectivity index (χ1v) is 8.12. The molecular formula is C15H21N5O2S. The third-order valence-corrected chi connectivity index (χ3v) is 4.15. The van der Waals surface area contributed by atoms with Crippen molar-refractivity contribution in [1.82, 2.24) is 20.2 Å². The summed E-state index contributed by atoms with van der Waals surface area (Å²) in [5, 5.41) is 11.2. The maximum Gasteiger partial charge on any atom is 0.233 e. The summed E-state index contributed by atoms with van der Waals surface area (Å²) in [4.78, 5) is 12.0. The molecule has 7 nitrogen and oxygen atoms in total. The van der Waals surface area contributed by atoms with Gasteiger partial charge in [0.15, 0.2) is 5.82 Å². The lowest BCUT2D eigenvalue weighted by molar-refractivity contribution is -0.120. The number of methoxy groups -OCH3 is 1. The van der Waals surface area contributed by atoms with Crippen molar-refractivity contribution < 1.29 is 9.53 Å². The van der Waals surface area contributed by atoms with Crippen LogP contribution in [0.4, 0.5) is 0 Å². The predicted octanol–water partition coefficient (Wildman–Crippen LogP) is 1.67. The van der Waals surface area contributed by atoms with Gasteiger partial charge in [0.2, 0.25) is 11.1 Å². The largest absolute Gasteiger partial charge is 0.497 e. The molecule has 1 unspecified atom stereocenters. The lowest BCUT2D eigenvalue weighted by Gasteiger charge is -2.13. The monoisotopic (exact) mass is 335 g/mol. The number of rotatable bonds is 6. The summed E-state index contributed by atoms with van der Waals surface area (Å²) in [6.45, 7) is 5.65. The molecule has 0 radical (unpaired) electrons. The van der Waals surface area contributed by atoms with Gasteiger partial charge in [-0.25, -0.2) is 4.68 Å². The zero-order valence-electron chi connectivity index (χ0n) is 13.6. The summed E-state index contributed by atoms with van der Waals surface area (Å²) in [7, 11) is 1.61. The van der Waals surface area contributed by atoms with Crippen LogP contribution in [-0.2, 0) is 4.79 Å². The molecule has 0 aliphatic carbocycles. The Hall–Kier alpha value is -2.22. The highest BCUT2D eigenvalue weighted by Gasteiger charge is 2.20. The number of nitrogens with two attached hydrogens (primary N) is 1. The Kier molecular flexibility index (Phi) is 5.49. The quantitative estimate of drug-likeness (QED) is 0.616. The van der Waals surface area contributed by atoms with Crippen LogP contribution in [0.25, 0.3) is 11.4 Å². The third kappa shape index (κ3) is 4.16. The summed E-state index contributed by atoms with van der Waals surface area (Å²) in [6.07, 6.45) is 0. The van der Waals surface area contributed by atoms with Crippen molar-refractivity contribution in [3.8, 4) is 17.1 Å². The molecule has 1 aromatic heterocycles. The Bertz CT molecular complexity index is 669. The average molecular weight is 335 g/mol. The molecule has 0 fully saturated rings. The van der Waals surface area contributed by atoms with Crippen LogP contribution in [0.3, 0.4) is 0 Å². The molecule has 23 heavy (non-hydrogen) atoms. The van der Waals surface area contributed by atoms with Crippen LogP contribution in [0.2, 0.25) is 0 Å². The van der Waals surface area contributed by atoms with Crippen molar-refractivity contribution in [2.24, 2.45) is 0 Å². The van der Waals surface area contributed by atoms with Gasteiger partial charge >= 0.3 is 0 Å². The van der Waals surface area contributed by atoms with Crippen molar-refractivity contribution in [3.05, 3.63) is 24.3 Å². The van der Waals surface area contributed by atoms with Crippen molar-refractivity contribution >= 4 is 17.7 Å². The summed E-state index contributed by atoms with van der Waals surface area (Å²) in [5.41, 5.74) is 0.826. The maximum atomic E-state index is 12.0. The molecule has 0 bridgehead atoms. The van der Waals surface area contributed by atoms with Crippen molar-refractivity contribution in [1.29, 1.82) is 0 Å². The second-order valence-electron chi connectivity index (χ2n) is 5.33. The highest BCUT2D eigenvalue weighted by Crippen LogP contribution is 2.25. The molecule has 1 aromatic carbocycles. The van der Waals surface area contributed by atoms with Gasteiger partial charge in [-0.15, -0.1) is 10.2 Å². The number of hydrogen-bond donors (Lipinski definition) is 2.